The number of hydrogen-bond donors (Lipinski definition) is 0. The number of hydrogen-bond acceptors (Lipinski definition) is 3. The quantitative estimate of drug-likeness (QED) is 0.698. The molecule has 0 radical (unpaired) electrons. The number of carbonyl (C=O) groups excluding carboxylic acids is 1. The number of rotatable bonds is 5. The number of aryl methyl sites for hydroxylation is 1. The molecule has 0 fully saturated rings. The molecule has 0 N–H and O–H groups in total. The van der Waals surface area contributed by atoms with E-state index in [-0.39, 0.29) is 11.9 Å². The van der Waals surface area contributed by atoms with Crippen molar-refractivity contribution >= 4 is 5.91 Å². The van der Waals surface area contributed by atoms with Crippen molar-refractivity contribution in [3.8, 4) is 5.75 Å². The van der Waals surface area contributed by atoms with Gasteiger partial charge in [0.05, 0.1) is 12.2 Å². The Bertz CT molecular complexity index is 907. The second kappa shape index (κ2) is 7.00. The predicted molar refractivity (Wildman–Crippen MR) is 100.0 cm³/mol. The molecular weight excluding hydrogens is 324 g/mol. The van der Waals surface area contributed by atoms with Gasteiger partial charge in [-0.25, -0.2) is 0 Å². The van der Waals surface area contributed by atoms with Crippen LogP contribution >= 0.6 is 0 Å². The van der Waals surface area contributed by atoms with Crippen LogP contribution in [0, 0.1) is 6.92 Å². The molecule has 1 amide bonds. The van der Waals surface area contributed by atoms with Gasteiger partial charge in [-0.05, 0) is 36.2 Å². The van der Waals surface area contributed by atoms with Crippen LogP contribution in [0.1, 0.15) is 33.2 Å². The first kappa shape index (κ1) is 16.3. The summed E-state index contributed by atoms with van der Waals surface area (Å²) in [4.78, 5) is 19.1. The van der Waals surface area contributed by atoms with Crippen LogP contribution in [-0.2, 0) is 6.54 Å². The Morgan fingerprint density at radius 3 is 2.54 bits per heavy atom. The molecule has 0 spiro atoms. The minimum atomic E-state index is -0.155. The minimum Gasteiger partial charge on any atom is -0.489 e. The van der Waals surface area contributed by atoms with Crippen molar-refractivity contribution in [1.82, 2.24) is 9.88 Å². The molecule has 1 atom stereocenters. The Hall–Kier alpha value is -3.14. The molecule has 0 saturated carbocycles. The molecule has 0 unspecified atom stereocenters. The highest BCUT2D eigenvalue weighted by molar-refractivity contribution is 5.98. The average molecular weight is 344 g/mol. The lowest BCUT2D eigenvalue weighted by Crippen LogP contribution is -2.33. The van der Waals surface area contributed by atoms with Crippen molar-refractivity contribution in [2.45, 2.75) is 19.5 Å². The Balaban J connectivity index is 1.60. The third-order valence-electron chi connectivity index (χ3n) is 4.70. The first-order valence-electron chi connectivity index (χ1n) is 8.71. The van der Waals surface area contributed by atoms with Crippen LogP contribution in [0.2, 0.25) is 0 Å². The van der Waals surface area contributed by atoms with Crippen molar-refractivity contribution in [2.75, 3.05) is 6.61 Å². The first-order chi connectivity index (χ1) is 12.7. The number of pyridine rings is 1. The smallest absolute Gasteiger partial charge is 0.255 e. The third kappa shape index (κ3) is 3.18. The Labute approximate surface area is 153 Å². The van der Waals surface area contributed by atoms with Gasteiger partial charge in [-0.3, -0.25) is 9.78 Å². The number of aromatic nitrogens is 1. The van der Waals surface area contributed by atoms with Crippen molar-refractivity contribution in [3.05, 3.63) is 95.3 Å². The van der Waals surface area contributed by atoms with Gasteiger partial charge in [0.15, 0.2) is 0 Å². The van der Waals surface area contributed by atoms with E-state index in [0.717, 1.165) is 22.4 Å². The largest absolute Gasteiger partial charge is 0.489 e. The van der Waals surface area contributed by atoms with Crippen LogP contribution < -0.4 is 4.74 Å². The zero-order valence-electron chi connectivity index (χ0n) is 14.6. The molecule has 26 heavy (non-hydrogen) atoms. The fourth-order valence-electron chi connectivity index (χ4n) is 3.28. The van der Waals surface area contributed by atoms with E-state index in [1.54, 1.807) is 6.20 Å². The topological polar surface area (TPSA) is 42.4 Å². The number of nitrogens with zero attached hydrogens (tertiary/aromatic N) is 2. The molecule has 130 valence electrons. The molecule has 1 aromatic heterocycles. The summed E-state index contributed by atoms with van der Waals surface area (Å²) < 4.78 is 5.98. The van der Waals surface area contributed by atoms with E-state index in [1.165, 1.54) is 0 Å². The Morgan fingerprint density at radius 2 is 1.81 bits per heavy atom. The standard InChI is InChI=1S/C22H20N2O2/c1-16-11-12-19(13-23-16)26-15-21(17-7-3-2-4-8-17)24-14-18-9-5-6-10-20(18)22(24)25/h2-13,21H,14-15H2,1H3/t21-/m0/s1. The van der Waals surface area contributed by atoms with Crippen LogP contribution in [0.5, 0.6) is 5.75 Å². The summed E-state index contributed by atoms with van der Waals surface area (Å²) in [5.74, 6) is 0.765. The van der Waals surface area contributed by atoms with Crippen LogP contribution in [0.4, 0.5) is 0 Å². The van der Waals surface area contributed by atoms with Crippen LogP contribution in [0.15, 0.2) is 72.9 Å². The molecule has 1 aliphatic rings. The second-order valence-electron chi connectivity index (χ2n) is 6.46. The molecule has 2 aromatic carbocycles. The van der Waals surface area contributed by atoms with E-state index in [9.17, 15) is 4.79 Å². The molecule has 4 rings (SSSR count). The number of fused-ring (bicyclic) bond motifs is 1. The summed E-state index contributed by atoms with van der Waals surface area (Å²) in [5.41, 5.74) is 3.86. The molecule has 3 aromatic rings. The summed E-state index contributed by atoms with van der Waals surface area (Å²) in [6.45, 7) is 2.93. The van der Waals surface area contributed by atoms with Gasteiger partial charge in [0.2, 0.25) is 0 Å². The van der Waals surface area contributed by atoms with Crippen LogP contribution in [-0.4, -0.2) is 22.4 Å². The maximum atomic E-state index is 12.9. The first-order valence-corrected chi connectivity index (χ1v) is 8.71. The summed E-state index contributed by atoms with van der Waals surface area (Å²) >= 11 is 0. The van der Waals surface area contributed by atoms with E-state index < -0.39 is 0 Å². The SMILES string of the molecule is Cc1ccc(OC[C@@H](c2ccccc2)N2Cc3ccccc3C2=O)cn1. The zero-order valence-corrected chi connectivity index (χ0v) is 14.6. The zero-order chi connectivity index (χ0) is 17.9. The summed E-state index contributed by atoms with van der Waals surface area (Å²) in [7, 11) is 0. The summed E-state index contributed by atoms with van der Waals surface area (Å²) in [6.07, 6.45) is 1.72. The molecule has 0 aliphatic carbocycles. The minimum absolute atomic E-state index is 0.0556. The summed E-state index contributed by atoms with van der Waals surface area (Å²) in [6, 6.07) is 21.5. The average Bonchev–Trinajstić information content (AvgIpc) is 3.01. The van der Waals surface area contributed by atoms with Crippen LogP contribution in [0.25, 0.3) is 0 Å². The molecule has 0 bridgehead atoms. The van der Waals surface area contributed by atoms with Gasteiger partial charge in [0, 0.05) is 17.8 Å². The highest BCUT2D eigenvalue weighted by Crippen LogP contribution is 2.31. The van der Waals surface area contributed by atoms with Gasteiger partial charge < -0.3 is 9.64 Å². The highest BCUT2D eigenvalue weighted by Gasteiger charge is 2.33. The maximum Gasteiger partial charge on any atom is 0.255 e. The number of ether oxygens (including phenoxy) is 1. The predicted octanol–water partition coefficient (Wildman–Crippen LogP) is 4.17. The number of carbonyl (C=O) groups is 1. The van der Waals surface area contributed by atoms with Crippen molar-refractivity contribution in [2.24, 2.45) is 0 Å². The van der Waals surface area contributed by atoms with E-state index in [2.05, 4.69) is 4.98 Å². The monoisotopic (exact) mass is 344 g/mol. The lowest BCUT2D eigenvalue weighted by molar-refractivity contribution is 0.0635. The fraction of sp³-hybridized carbons (Fsp3) is 0.182. The van der Waals surface area contributed by atoms with E-state index >= 15 is 0 Å². The van der Waals surface area contributed by atoms with Gasteiger partial charge >= 0.3 is 0 Å². The second-order valence-corrected chi connectivity index (χ2v) is 6.46. The number of benzene rings is 2. The number of amides is 1. The maximum absolute atomic E-state index is 12.9. The molecular formula is C22H20N2O2. The lowest BCUT2D eigenvalue weighted by Gasteiger charge is -2.28. The van der Waals surface area contributed by atoms with Crippen molar-refractivity contribution in [1.29, 1.82) is 0 Å². The Morgan fingerprint density at radius 1 is 1.04 bits per heavy atom. The van der Waals surface area contributed by atoms with Gasteiger partial charge in [-0.15, -0.1) is 0 Å². The molecule has 2 heterocycles. The molecule has 4 heteroatoms. The van der Waals surface area contributed by atoms with Crippen molar-refractivity contribution in [3.63, 3.8) is 0 Å². The van der Waals surface area contributed by atoms with Gasteiger partial charge in [0.25, 0.3) is 5.91 Å². The normalized spacial score (nSPS) is 14.2. The molecule has 1 aliphatic heterocycles. The lowest BCUT2D eigenvalue weighted by atomic mass is 10.1. The fourth-order valence-corrected chi connectivity index (χ4v) is 3.28. The molecule has 0 saturated heterocycles. The van der Waals surface area contributed by atoms with E-state index in [1.807, 2.05) is 78.6 Å². The third-order valence-corrected chi connectivity index (χ3v) is 4.70. The van der Waals surface area contributed by atoms with Gasteiger partial charge in [-0.2, -0.15) is 0 Å². The highest BCUT2D eigenvalue weighted by atomic mass is 16.5. The van der Waals surface area contributed by atoms with Crippen LogP contribution in [0.3, 0.4) is 0 Å². The van der Waals surface area contributed by atoms with Crippen molar-refractivity contribution < 1.29 is 9.53 Å². The summed E-state index contributed by atoms with van der Waals surface area (Å²) in [5, 5.41) is 0. The molecule has 4 nitrogen and oxygen atoms in total. The van der Waals surface area contributed by atoms with Gasteiger partial charge in [0.1, 0.15) is 12.4 Å². The van der Waals surface area contributed by atoms with Gasteiger partial charge in [-0.1, -0.05) is 48.5 Å². The Kier molecular flexibility index (Phi) is 4.40. The van der Waals surface area contributed by atoms with E-state index in [4.69, 9.17) is 4.74 Å². The van der Waals surface area contributed by atoms with E-state index in [0.29, 0.717) is 18.9 Å².